The molecule has 0 nitrogen and oxygen atoms in total. The highest BCUT2D eigenvalue weighted by molar-refractivity contribution is 6.04. The number of hydrogen-bond donors (Lipinski definition) is 0. The van der Waals surface area contributed by atoms with Gasteiger partial charge in [-0.15, -0.1) is 0 Å². The zero-order chi connectivity index (χ0) is 17.7. The lowest BCUT2D eigenvalue weighted by molar-refractivity contribution is 0.499. The van der Waals surface area contributed by atoms with Crippen molar-refractivity contribution in [3.8, 4) is 33.4 Å². The Kier molecular flexibility index (Phi) is 3.68. The van der Waals surface area contributed by atoms with E-state index in [0.717, 1.165) is 17.5 Å². The highest BCUT2D eigenvalue weighted by Gasteiger charge is 2.33. The lowest BCUT2D eigenvalue weighted by Crippen LogP contribution is -2.10. The molecule has 25 heavy (non-hydrogen) atoms. The average molecular weight is 338 g/mol. The molecule has 1 aliphatic carbocycles. The van der Waals surface area contributed by atoms with Crippen LogP contribution in [0.3, 0.4) is 0 Å². The van der Waals surface area contributed by atoms with Gasteiger partial charge in [0.15, 0.2) is 11.6 Å². The predicted octanol–water partition coefficient (Wildman–Crippen LogP) is 6.68. The van der Waals surface area contributed by atoms with E-state index in [-0.39, 0.29) is 11.1 Å². The minimum absolute atomic E-state index is 0.0683. The lowest BCUT2D eigenvalue weighted by Gasteiger charge is -2.27. The third-order valence-corrected chi connectivity index (χ3v) is 4.85. The van der Waals surface area contributed by atoms with Gasteiger partial charge in [0.05, 0.1) is 0 Å². The molecule has 0 fully saturated rings. The van der Waals surface area contributed by atoms with Gasteiger partial charge >= 0.3 is 0 Å². The Morgan fingerprint density at radius 3 is 2.04 bits per heavy atom. The molecule has 0 spiro atoms. The summed E-state index contributed by atoms with van der Waals surface area (Å²) in [6.07, 6.45) is 1.19. The molecule has 0 aromatic heterocycles. The molecule has 3 aromatic rings. The molecule has 0 saturated carbocycles. The molecule has 126 valence electrons. The molecule has 1 aliphatic rings. The first kappa shape index (κ1) is 15.9. The Hall–Kier alpha value is -2.55. The van der Waals surface area contributed by atoms with E-state index in [1.165, 1.54) is 0 Å². The van der Waals surface area contributed by atoms with E-state index in [9.17, 15) is 8.78 Å². The number of benzene rings is 3. The molecule has 0 saturated heterocycles. The third-order valence-electron chi connectivity index (χ3n) is 4.85. The van der Waals surface area contributed by atoms with Crippen molar-refractivity contribution in [2.45, 2.75) is 26.7 Å². The van der Waals surface area contributed by atoms with Crippen LogP contribution < -0.4 is 0 Å². The van der Waals surface area contributed by atoms with Crippen molar-refractivity contribution in [3.05, 3.63) is 71.0 Å². The van der Waals surface area contributed by atoms with Gasteiger partial charge < -0.3 is 0 Å². The molecule has 4 rings (SSSR count). The maximum absolute atomic E-state index is 15.0. The van der Waals surface area contributed by atoms with E-state index in [0.29, 0.717) is 28.7 Å². The standard InChI is InChI=1S/C22H17F3/c1-3-4-14-11-17-16-10-9-15(13-7-5-12(2)6-8-13)21(24)18(16)19(17)22(25)20(14)23/h5-11H,3-4H2,1-2H3. The fraction of sp³-hybridized carbons (Fsp3) is 0.182. The van der Waals surface area contributed by atoms with Crippen LogP contribution >= 0.6 is 0 Å². The summed E-state index contributed by atoms with van der Waals surface area (Å²) in [6.45, 7) is 3.87. The lowest BCUT2D eigenvalue weighted by atomic mass is 9.77. The van der Waals surface area contributed by atoms with Gasteiger partial charge in [0.2, 0.25) is 0 Å². The van der Waals surface area contributed by atoms with Gasteiger partial charge in [-0.3, -0.25) is 0 Å². The monoisotopic (exact) mass is 338 g/mol. The molecule has 0 N–H and O–H groups in total. The van der Waals surface area contributed by atoms with Crippen LogP contribution in [0.25, 0.3) is 33.4 Å². The first-order valence-corrected chi connectivity index (χ1v) is 8.44. The highest BCUT2D eigenvalue weighted by Crippen LogP contribution is 2.52. The van der Waals surface area contributed by atoms with Crippen molar-refractivity contribution in [3.63, 3.8) is 0 Å². The largest absolute Gasteiger partial charge is 0.206 e. The van der Waals surface area contributed by atoms with Crippen molar-refractivity contribution in [1.29, 1.82) is 0 Å². The Morgan fingerprint density at radius 1 is 0.720 bits per heavy atom. The highest BCUT2D eigenvalue weighted by atomic mass is 19.2. The summed E-state index contributed by atoms with van der Waals surface area (Å²) in [5.74, 6) is -2.28. The van der Waals surface area contributed by atoms with Crippen molar-refractivity contribution < 1.29 is 13.2 Å². The summed E-state index contributed by atoms with van der Waals surface area (Å²) in [6, 6.07) is 12.6. The minimum Gasteiger partial charge on any atom is -0.206 e. The van der Waals surface area contributed by atoms with Crippen LogP contribution in [0.15, 0.2) is 42.5 Å². The number of hydrogen-bond acceptors (Lipinski definition) is 0. The summed E-state index contributed by atoms with van der Waals surface area (Å²) in [5, 5.41) is 0. The molecule has 0 atom stereocenters. The van der Waals surface area contributed by atoms with Crippen LogP contribution in [0.2, 0.25) is 0 Å². The van der Waals surface area contributed by atoms with Crippen molar-refractivity contribution in [2.75, 3.05) is 0 Å². The first-order chi connectivity index (χ1) is 12.0. The van der Waals surface area contributed by atoms with E-state index >= 15 is 4.39 Å². The van der Waals surface area contributed by atoms with E-state index in [1.54, 1.807) is 18.2 Å². The van der Waals surface area contributed by atoms with E-state index in [4.69, 9.17) is 0 Å². The van der Waals surface area contributed by atoms with Crippen molar-refractivity contribution in [2.24, 2.45) is 0 Å². The number of fused-ring (bicyclic) bond motifs is 4. The summed E-state index contributed by atoms with van der Waals surface area (Å²) >= 11 is 0. The SMILES string of the molecule is CCCc1cc2c(c(F)c1F)-c1c-2ccc(-c2ccc(C)cc2)c1F. The van der Waals surface area contributed by atoms with Gasteiger partial charge in [-0.25, -0.2) is 13.2 Å². The molecule has 0 amide bonds. The second kappa shape index (κ2) is 5.76. The zero-order valence-corrected chi connectivity index (χ0v) is 14.1. The van der Waals surface area contributed by atoms with Gasteiger partial charge in [-0.2, -0.15) is 0 Å². The zero-order valence-electron chi connectivity index (χ0n) is 14.1. The van der Waals surface area contributed by atoms with E-state index in [2.05, 4.69) is 0 Å². The second-order valence-electron chi connectivity index (χ2n) is 6.55. The van der Waals surface area contributed by atoms with Crippen LogP contribution in [0.4, 0.5) is 13.2 Å². The van der Waals surface area contributed by atoms with Gasteiger partial charge in [0.25, 0.3) is 0 Å². The average Bonchev–Trinajstić information content (AvgIpc) is 2.59. The van der Waals surface area contributed by atoms with E-state index < -0.39 is 17.5 Å². The minimum atomic E-state index is -0.937. The summed E-state index contributed by atoms with van der Waals surface area (Å²) in [5.41, 5.74) is 4.07. The second-order valence-corrected chi connectivity index (χ2v) is 6.55. The fourth-order valence-corrected chi connectivity index (χ4v) is 3.53. The van der Waals surface area contributed by atoms with Crippen LogP contribution in [-0.4, -0.2) is 0 Å². The summed E-state index contributed by atoms with van der Waals surface area (Å²) < 4.78 is 43.8. The maximum Gasteiger partial charge on any atom is 0.167 e. The van der Waals surface area contributed by atoms with Gasteiger partial charge in [0.1, 0.15) is 5.82 Å². The quantitative estimate of drug-likeness (QED) is 0.391. The fourth-order valence-electron chi connectivity index (χ4n) is 3.53. The Labute approximate surface area is 144 Å². The van der Waals surface area contributed by atoms with Crippen molar-refractivity contribution >= 4 is 0 Å². The third kappa shape index (κ3) is 2.30. The summed E-state index contributed by atoms with van der Waals surface area (Å²) in [4.78, 5) is 0. The van der Waals surface area contributed by atoms with E-state index in [1.807, 2.05) is 38.1 Å². The van der Waals surface area contributed by atoms with Crippen molar-refractivity contribution in [1.82, 2.24) is 0 Å². The van der Waals surface area contributed by atoms with Gasteiger partial charge in [0, 0.05) is 16.7 Å². The maximum atomic E-state index is 15.0. The smallest absolute Gasteiger partial charge is 0.167 e. The molecule has 0 unspecified atom stereocenters. The molecule has 0 heterocycles. The Balaban J connectivity index is 1.87. The van der Waals surface area contributed by atoms with Crippen LogP contribution in [0, 0.1) is 24.4 Å². The van der Waals surface area contributed by atoms with Crippen LogP contribution in [0.5, 0.6) is 0 Å². The van der Waals surface area contributed by atoms with Gasteiger partial charge in [-0.1, -0.05) is 55.3 Å². The molecule has 3 aromatic carbocycles. The van der Waals surface area contributed by atoms with Crippen LogP contribution in [0.1, 0.15) is 24.5 Å². The topological polar surface area (TPSA) is 0 Å². The molecule has 0 aliphatic heterocycles. The predicted molar refractivity (Wildman–Crippen MR) is 94.9 cm³/mol. The molecular weight excluding hydrogens is 321 g/mol. The summed E-state index contributed by atoms with van der Waals surface area (Å²) in [7, 11) is 0. The molecule has 0 radical (unpaired) electrons. The van der Waals surface area contributed by atoms with Crippen LogP contribution in [-0.2, 0) is 6.42 Å². The molecule has 3 heteroatoms. The molecule has 0 bridgehead atoms. The Morgan fingerprint density at radius 2 is 1.36 bits per heavy atom. The molecular formula is C22H17F3. The normalized spacial score (nSPS) is 11.7. The number of aryl methyl sites for hydroxylation is 2. The van der Waals surface area contributed by atoms with Gasteiger partial charge in [-0.05, 0) is 41.7 Å². The Bertz CT molecular complexity index is 985. The number of rotatable bonds is 3. The first-order valence-electron chi connectivity index (χ1n) is 8.44. The number of halogens is 3.